The first-order valence-corrected chi connectivity index (χ1v) is 9.36. The van der Waals surface area contributed by atoms with Crippen LogP contribution in [0, 0.1) is 20.8 Å². The first-order chi connectivity index (χ1) is 12.3. The summed E-state index contributed by atoms with van der Waals surface area (Å²) in [6, 6.07) is 12.8. The number of aromatic hydroxyl groups is 1. The third kappa shape index (κ3) is 3.99. The number of carbonyl (C=O) groups is 1. The van der Waals surface area contributed by atoms with Crippen LogP contribution in [0.4, 0.5) is 5.69 Å². The fourth-order valence-electron chi connectivity index (χ4n) is 2.90. The standard InChI is InChI=1S/C21H22N2O2S/c1-12-9-14(3)20-18(10-12)13(2)11-19(23-20)26-15(4)21(25)22-16-5-7-17(24)8-6-16/h5-11,15,24H,1-4H3,(H,22,25). The Morgan fingerprint density at radius 3 is 2.46 bits per heavy atom. The third-order valence-corrected chi connectivity index (χ3v) is 5.25. The van der Waals surface area contributed by atoms with Gasteiger partial charge in [-0.2, -0.15) is 0 Å². The van der Waals surface area contributed by atoms with Crippen LogP contribution >= 0.6 is 11.8 Å². The molecule has 0 saturated carbocycles. The quantitative estimate of drug-likeness (QED) is 0.505. The average molecular weight is 366 g/mol. The smallest absolute Gasteiger partial charge is 0.237 e. The minimum Gasteiger partial charge on any atom is -0.508 e. The molecule has 1 atom stereocenters. The number of phenolic OH excluding ortho intramolecular Hbond substituents is 1. The number of nitrogens with zero attached hydrogens (tertiary/aromatic N) is 1. The first kappa shape index (κ1) is 18.3. The maximum atomic E-state index is 12.4. The molecule has 1 amide bonds. The lowest BCUT2D eigenvalue weighted by atomic mass is 10.0. The highest BCUT2D eigenvalue weighted by Gasteiger charge is 2.16. The molecular weight excluding hydrogens is 344 g/mol. The molecule has 1 unspecified atom stereocenters. The second kappa shape index (κ2) is 7.38. The van der Waals surface area contributed by atoms with E-state index in [9.17, 15) is 9.90 Å². The van der Waals surface area contributed by atoms with Gasteiger partial charge in [-0.05, 0) is 75.2 Å². The number of hydrogen-bond acceptors (Lipinski definition) is 4. The number of anilines is 1. The largest absolute Gasteiger partial charge is 0.508 e. The number of rotatable bonds is 4. The monoisotopic (exact) mass is 366 g/mol. The Hall–Kier alpha value is -2.53. The zero-order valence-electron chi connectivity index (χ0n) is 15.3. The van der Waals surface area contributed by atoms with E-state index >= 15 is 0 Å². The normalized spacial score (nSPS) is 12.2. The molecule has 0 aliphatic carbocycles. The van der Waals surface area contributed by atoms with E-state index in [0.717, 1.165) is 27.1 Å². The minimum absolute atomic E-state index is 0.0964. The molecule has 5 heteroatoms. The van der Waals surface area contributed by atoms with E-state index in [1.165, 1.54) is 17.3 Å². The Kier molecular flexibility index (Phi) is 5.18. The van der Waals surface area contributed by atoms with Gasteiger partial charge in [0, 0.05) is 11.1 Å². The predicted octanol–water partition coefficient (Wildman–Crippen LogP) is 4.98. The van der Waals surface area contributed by atoms with Gasteiger partial charge in [-0.25, -0.2) is 4.98 Å². The Morgan fingerprint density at radius 1 is 1.08 bits per heavy atom. The zero-order chi connectivity index (χ0) is 18.8. The highest BCUT2D eigenvalue weighted by Crippen LogP contribution is 2.29. The zero-order valence-corrected chi connectivity index (χ0v) is 16.1. The number of hydrogen-bond donors (Lipinski definition) is 2. The number of aromatic nitrogens is 1. The number of pyridine rings is 1. The highest BCUT2D eigenvalue weighted by atomic mass is 32.2. The van der Waals surface area contributed by atoms with Gasteiger partial charge in [-0.3, -0.25) is 4.79 Å². The molecule has 1 aromatic heterocycles. The maximum absolute atomic E-state index is 12.4. The fourth-order valence-corrected chi connectivity index (χ4v) is 3.82. The van der Waals surface area contributed by atoms with Crippen molar-refractivity contribution in [3.05, 3.63) is 59.2 Å². The number of amides is 1. The van der Waals surface area contributed by atoms with Crippen LogP contribution in [0.25, 0.3) is 10.9 Å². The summed E-state index contributed by atoms with van der Waals surface area (Å²) in [6.45, 7) is 8.10. The van der Waals surface area contributed by atoms with Crippen LogP contribution in [0.2, 0.25) is 0 Å². The molecule has 1 heterocycles. The number of nitrogens with one attached hydrogen (secondary N) is 1. The SMILES string of the molecule is Cc1cc(C)c2nc(SC(C)C(=O)Nc3ccc(O)cc3)cc(C)c2c1. The van der Waals surface area contributed by atoms with Crippen LogP contribution in [0.1, 0.15) is 23.6 Å². The Labute approximate surface area is 157 Å². The van der Waals surface area contributed by atoms with Crippen molar-refractivity contribution < 1.29 is 9.90 Å². The number of fused-ring (bicyclic) bond motifs is 1. The topological polar surface area (TPSA) is 62.2 Å². The highest BCUT2D eigenvalue weighted by molar-refractivity contribution is 8.00. The van der Waals surface area contributed by atoms with Crippen molar-refractivity contribution >= 4 is 34.3 Å². The van der Waals surface area contributed by atoms with Gasteiger partial charge >= 0.3 is 0 Å². The van der Waals surface area contributed by atoms with Crippen molar-refractivity contribution in [1.82, 2.24) is 4.98 Å². The minimum atomic E-state index is -0.293. The average Bonchev–Trinajstić information content (AvgIpc) is 2.58. The van der Waals surface area contributed by atoms with E-state index in [0.29, 0.717) is 5.69 Å². The number of aryl methyl sites for hydroxylation is 3. The Bertz CT molecular complexity index is 968. The molecular formula is C21H22N2O2S. The molecule has 134 valence electrons. The van der Waals surface area contributed by atoms with Crippen LogP contribution in [0.15, 0.2) is 47.5 Å². The van der Waals surface area contributed by atoms with Gasteiger partial charge in [0.1, 0.15) is 5.75 Å². The third-order valence-electron chi connectivity index (χ3n) is 4.23. The van der Waals surface area contributed by atoms with Crippen LogP contribution in [-0.4, -0.2) is 21.2 Å². The van der Waals surface area contributed by atoms with Gasteiger partial charge in [0.15, 0.2) is 0 Å². The van der Waals surface area contributed by atoms with Crippen LogP contribution in [0.3, 0.4) is 0 Å². The summed E-state index contributed by atoms with van der Waals surface area (Å²) in [5.41, 5.74) is 5.18. The first-order valence-electron chi connectivity index (χ1n) is 8.48. The van der Waals surface area contributed by atoms with Gasteiger partial charge < -0.3 is 10.4 Å². The molecule has 26 heavy (non-hydrogen) atoms. The van der Waals surface area contributed by atoms with E-state index in [4.69, 9.17) is 4.98 Å². The van der Waals surface area contributed by atoms with Crippen molar-refractivity contribution in [2.45, 2.75) is 38.0 Å². The molecule has 0 aliphatic rings. The summed E-state index contributed by atoms with van der Waals surface area (Å²) < 4.78 is 0. The van der Waals surface area contributed by atoms with Crippen molar-refractivity contribution in [2.75, 3.05) is 5.32 Å². The molecule has 0 spiro atoms. The molecule has 3 rings (SSSR count). The fraction of sp³-hybridized carbons (Fsp3) is 0.238. The summed E-state index contributed by atoms with van der Waals surface area (Å²) in [4.78, 5) is 17.2. The van der Waals surface area contributed by atoms with Crippen molar-refractivity contribution in [3.63, 3.8) is 0 Å². The summed E-state index contributed by atoms with van der Waals surface area (Å²) >= 11 is 1.44. The summed E-state index contributed by atoms with van der Waals surface area (Å²) in [5.74, 6) is 0.0766. The lowest BCUT2D eigenvalue weighted by molar-refractivity contribution is -0.115. The van der Waals surface area contributed by atoms with Crippen molar-refractivity contribution in [2.24, 2.45) is 0 Å². The summed E-state index contributed by atoms with van der Waals surface area (Å²) in [7, 11) is 0. The van der Waals surface area contributed by atoms with Crippen LogP contribution in [0.5, 0.6) is 5.75 Å². The van der Waals surface area contributed by atoms with Gasteiger partial charge in [0.05, 0.1) is 15.8 Å². The van der Waals surface area contributed by atoms with Gasteiger partial charge in [-0.1, -0.05) is 23.4 Å². The van der Waals surface area contributed by atoms with E-state index < -0.39 is 0 Å². The van der Waals surface area contributed by atoms with Crippen LogP contribution in [-0.2, 0) is 4.79 Å². The van der Waals surface area contributed by atoms with E-state index in [2.05, 4.69) is 38.2 Å². The molecule has 0 saturated heterocycles. The molecule has 0 aliphatic heterocycles. The summed E-state index contributed by atoms with van der Waals surface area (Å²) in [6.07, 6.45) is 0. The predicted molar refractivity (Wildman–Crippen MR) is 108 cm³/mol. The molecule has 0 radical (unpaired) electrons. The Morgan fingerprint density at radius 2 is 1.77 bits per heavy atom. The second-order valence-corrected chi connectivity index (χ2v) is 7.91. The van der Waals surface area contributed by atoms with Crippen molar-refractivity contribution in [3.8, 4) is 5.75 Å². The molecule has 0 bridgehead atoms. The van der Waals surface area contributed by atoms with Gasteiger partial charge in [-0.15, -0.1) is 0 Å². The molecule has 3 aromatic rings. The number of benzene rings is 2. The van der Waals surface area contributed by atoms with E-state index in [1.54, 1.807) is 24.3 Å². The van der Waals surface area contributed by atoms with Crippen LogP contribution < -0.4 is 5.32 Å². The number of phenols is 1. The lowest BCUT2D eigenvalue weighted by Crippen LogP contribution is -2.22. The second-order valence-electron chi connectivity index (χ2n) is 6.55. The van der Waals surface area contributed by atoms with Gasteiger partial charge in [0.25, 0.3) is 0 Å². The maximum Gasteiger partial charge on any atom is 0.237 e. The van der Waals surface area contributed by atoms with Gasteiger partial charge in [0.2, 0.25) is 5.91 Å². The van der Waals surface area contributed by atoms with E-state index in [1.807, 2.05) is 13.0 Å². The molecule has 2 aromatic carbocycles. The molecule has 2 N–H and O–H groups in total. The van der Waals surface area contributed by atoms with Crippen molar-refractivity contribution in [1.29, 1.82) is 0 Å². The summed E-state index contributed by atoms with van der Waals surface area (Å²) in [5, 5.41) is 13.9. The molecule has 4 nitrogen and oxygen atoms in total. The lowest BCUT2D eigenvalue weighted by Gasteiger charge is -2.14. The molecule has 0 fully saturated rings. The number of carbonyl (C=O) groups excluding carboxylic acids is 1. The number of thioether (sulfide) groups is 1. The van der Waals surface area contributed by atoms with E-state index in [-0.39, 0.29) is 16.9 Å². The Balaban J connectivity index is 1.79.